The van der Waals surface area contributed by atoms with E-state index in [1.54, 1.807) is 6.07 Å². The molecule has 0 aromatic heterocycles. The van der Waals surface area contributed by atoms with Crippen LogP contribution in [0.15, 0.2) is 12.1 Å². The fraction of sp³-hybridized carbons (Fsp3) is 0.611. The van der Waals surface area contributed by atoms with Crippen LogP contribution in [0.4, 0.5) is 10.1 Å². The molecule has 128 valence electrons. The topological polar surface area (TPSA) is 41.6 Å². The summed E-state index contributed by atoms with van der Waals surface area (Å²) in [5.41, 5.74) is 1.91. The molecule has 1 heterocycles. The molecule has 1 N–H and O–H groups in total. The highest BCUT2D eigenvalue weighted by molar-refractivity contribution is 5.92. The maximum atomic E-state index is 14.1. The predicted molar refractivity (Wildman–Crippen MR) is 90.6 cm³/mol. The van der Waals surface area contributed by atoms with Gasteiger partial charge in [-0.05, 0) is 57.4 Å². The molecule has 2 unspecified atom stereocenters. The second-order valence-corrected chi connectivity index (χ2v) is 6.32. The maximum Gasteiger partial charge on any atom is 0.338 e. The van der Waals surface area contributed by atoms with Gasteiger partial charge in [-0.15, -0.1) is 0 Å². The van der Waals surface area contributed by atoms with E-state index in [0.717, 1.165) is 43.6 Å². The van der Waals surface area contributed by atoms with Gasteiger partial charge in [-0.1, -0.05) is 6.92 Å². The Morgan fingerprint density at radius 2 is 2.22 bits per heavy atom. The maximum absolute atomic E-state index is 14.1. The Balaban J connectivity index is 2.42. The highest BCUT2D eigenvalue weighted by Crippen LogP contribution is 2.30. The first-order valence-corrected chi connectivity index (χ1v) is 8.36. The van der Waals surface area contributed by atoms with E-state index < -0.39 is 11.8 Å². The normalized spacial score (nSPS) is 21.1. The van der Waals surface area contributed by atoms with Crippen LogP contribution in [0.1, 0.15) is 49.0 Å². The Labute approximate surface area is 138 Å². The lowest BCUT2D eigenvalue weighted by atomic mass is 9.96. The SMILES string of the molecule is CCCN(c1cc(F)cc(C(=O)OC)c1C)C1CCNC(C)C1. The van der Waals surface area contributed by atoms with E-state index >= 15 is 0 Å². The largest absolute Gasteiger partial charge is 0.465 e. The summed E-state index contributed by atoms with van der Waals surface area (Å²) in [6, 6.07) is 3.61. The number of carbonyl (C=O) groups excluding carboxylic acids is 1. The van der Waals surface area contributed by atoms with Crippen molar-refractivity contribution in [3.05, 3.63) is 29.1 Å². The molecular formula is C18H27FN2O2. The van der Waals surface area contributed by atoms with Crippen LogP contribution < -0.4 is 10.2 Å². The number of nitrogens with one attached hydrogen (secondary N) is 1. The van der Waals surface area contributed by atoms with Crippen LogP contribution in [0.25, 0.3) is 0 Å². The van der Waals surface area contributed by atoms with Gasteiger partial charge in [0.1, 0.15) is 5.82 Å². The Kier molecular flexibility index (Phi) is 5.99. The highest BCUT2D eigenvalue weighted by atomic mass is 19.1. The molecule has 1 aromatic rings. The van der Waals surface area contributed by atoms with Gasteiger partial charge < -0.3 is 15.0 Å². The van der Waals surface area contributed by atoms with Crippen LogP contribution in [0.3, 0.4) is 0 Å². The van der Waals surface area contributed by atoms with Gasteiger partial charge in [0, 0.05) is 24.3 Å². The van der Waals surface area contributed by atoms with Gasteiger partial charge >= 0.3 is 5.97 Å². The van der Waals surface area contributed by atoms with Crippen LogP contribution in [0.5, 0.6) is 0 Å². The standard InChI is InChI=1S/C18H27FN2O2/c1-5-8-21(15-6-7-20-12(2)9-15)17-11-14(19)10-16(13(17)3)18(22)23-4/h10-12,15,20H,5-9H2,1-4H3. The summed E-state index contributed by atoms with van der Waals surface area (Å²) in [5.74, 6) is -0.882. The minimum absolute atomic E-state index is 0.311. The second kappa shape index (κ2) is 7.77. The summed E-state index contributed by atoms with van der Waals surface area (Å²) in [6.45, 7) is 7.97. The quantitative estimate of drug-likeness (QED) is 0.845. The first-order valence-electron chi connectivity index (χ1n) is 8.36. The number of hydrogen-bond donors (Lipinski definition) is 1. The van der Waals surface area contributed by atoms with Crippen molar-refractivity contribution < 1.29 is 13.9 Å². The molecular weight excluding hydrogens is 295 g/mol. The monoisotopic (exact) mass is 322 g/mol. The molecule has 1 aromatic carbocycles. The number of ether oxygens (including phenoxy) is 1. The molecule has 2 rings (SSSR count). The molecule has 0 radical (unpaired) electrons. The van der Waals surface area contributed by atoms with E-state index in [1.165, 1.54) is 13.2 Å². The fourth-order valence-electron chi connectivity index (χ4n) is 3.41. The lowest BCUT2D eigenvalue weighted by Crippen LogP contribution is -2.47. The highest BCUT2D eigenvalue weighted by Gasteiger charge is 2.27. The van der Waals surface area contributed by atoms with E-state index in [1.807, 2.05) is 6.92 Å². The number of methoxy groups -OCH3 is 1. The van der Waals surface area contributed by atoms with Gasteiger partial charge in [0.2, 0.25) is 0 Å². The Bertz CT molecular complexity index is 562. The number of nitrogens with zero attached hydrogens (tertiary/aromatic N) is 1. The zero-order valence-electron chi connectivity index (χ0n) is 14.5. The van der Waals surface area contributed by atoms with E-state index in [4.69, 9.17) is 4.74 Å². The van der Waals surface area contributed by atoms with Gasteiger partial charge in [-0.3, -0.25) is 0 Å². The van der Waals surface area contributed by atoms with Crippen molar-refractivity contribution in [2.24, 2.45) is 0 Å². The molecule has 0 amide bonds. The van der Waals surface area contributed by atoms with E-state index in [9.17, 15) is 9.18 Å². The van der Waals surface area contributed by atoms with Gasteiger partial charge in [-0.2, -0.15) is 0 Å². The van der Waals surface area contributed by atoms with Gasteiger partial charge in [-0.25, -0.2) is 9.18 Å². The molecule has 0 aliphatic carbocycles. The lowest BCUT2D eigenvalue weighted by molar-refractivity contribution is 0.0599. The van der Waals surface area contributed by atoms with Crippen molar-refractivity contribution in [2.45, 2.75) is 52.1 Å². The lowest BCUT2D eigenvalue weighted by Gasteiger charge is -2.39. The molecule has 1 aliphatic rings. The molecule has 4 nitrogen and oxygen atoms in total. The molecule has 0 spiro atoms. The molecule has 1 aliphatic heterocycles. The van der Waals surface area contributed by atoms with E-state index in [-0.39, 0.29) is 0 Å². The molecule has 5 heteroatoms. The zero-order chi connectivity index (χ0) is 17.0. The Hall–Kier alpha value is -1.62. The first kappa shape index (κ1) is 17.7. The molecule has 1 fully saturated rings. The van der Waals surface area contributed by atoms with Crippen LogP contribution >= 0.6 is 0 Å². The number of benzene rings is 1. The van der Waals surface area contributed by atoms with Gasteiger partial charge in [0.15, 0.2) is 0 Å². The van der Waals surface area contributed by atoms with Gasteiger partial charge in [0.05, 0.1) is 12.7 Å². The number of anilines is 1. The smallest absolute Gasteiger partial charge is 0.338 e. The summed E-state index contributed by atoms with van der Waals surface area (Å²) in [5, 5.41) is 3.45. The summed E-state index contributed by atoms with van der Waals surface area (Å²) < 4.78 is 18.9. The third-order valence-corrected chi connectivity index (χ3v) is 4.56. The third kappa shape index (κ3) is 4.02. The van der Waals surface area contributed by atoms with Crippen molar-refractivity contribution >= 4 is 11.7 Å². The van der Waals surface area contributed by atoms with Crippen LogP contribution in [-0.2, 0) is 4.74 Å². The van der Waals surface area contributed by atoms with Crippen LogP contribution in [0, 0.1) is 12.7 Å². The number of halogens is 1. The third-order valence-electron chi connectivity index (χ3n) is 4.56. The van der Waals surface area contributed by atoms with Crippen LogP contribution in [0.2, 0.25) is 0 Å². The van der Waals surface area contributed by atoms with Crippen molar-refractivity contribution in [3.63, 3.8) is 0 Å². The zero-order valence-corrected chi connectivity index (χ0v) is 14.5. The Morgan fingerprint density at radius 3 is 2.83 bits per heavy atom. The Morgan fingerprint density at radius 1 is 1.48 bits per heavy atom. The van der Waals surface area contributed by atoms with Crippen molar-refractivity contribution in [1.82, 2.24) is 5.32 Å². The summed E-state index contributed by atoms with van der Waals surface area (Å²) in [6.07, 6.45) is 3.01. The van der Waals surface area contributed by atoms with Crippen molar-refractivity contribution in [3.8, 4) is 0 Å². The van der Waals surface area contributed by atoms with Crippen molar-refractivity contribution in [2.75, 3.05) is 25.1 Å². The molecule has 1 saturated heterocycles. The number of rotatable bonds is 5. The first-order chi connectivity index (χ1) is 11.0. The van der Waals surface area contributed by atoms with E-state index in [0.29, 0.717) is 17.6 Å². The number of carbonyl (C=O) groups is 1. The molecule has 2 atom stereocenters. The average molecular weight is 322 g/mol. The molecule has 0 bridgehead atoms. The van der Waals surface area contributed by atoms with Crippen molar-refractivity contribution in [1.29, 1.82) is 0 Å². The predicted octanol–water partition coefficient (Wildman–Crippen LogP) is 3.28. The number of hydrogen-bond acceptors (Lipinski definition) is 4. The van der Waals surface area contributed by atoms with Crippen LogP contribution in [-0.4, -0.2) is 38.3 Å². The fourth-order valence-corrected chi connectivity index (χ4v) is 3.41. The number of esters is 1. The minimum atomic E-state index is -0.488. The van der Waals surface area contributed by atoms with Gasteiger partial charge in [0.25, 0.3) is 0 Å². The summed E-state index contributed by atoms with van der Waals surface area (Å²) >= 11 is 0. The summed E-state index contributed by atoms with van der Waals surface area (Å²) in [4.78, 5) is 14.2. The molecule has 23 heavy (non-hydrogen) atoms. The summed E-state index contributed by atoms with van der Waals surface area (Å²) in [7, 11) is 1.32. The molecule has 0 saturated carbocycles. The average Bonchev–Trinajstić information content (AvgIpc) is 2.54. The number of piperidine rings is 1. The minimum Gasteiger partial charge on any atom is -0.465 e. The van der Waals surface area contributed by atoms with E-state index in [2.05, 4.69) is 24.1 Å². The second-order valence-electron chi connectivity index (χ2n) is 6.32.